The van der Waals surface area contributed by atoms with Crippen molar-refractivity contribution in [2.45, 2.75) is 42.4 Å². The van der Waals surface area contributed by atoms with Crippen LogP contribution in [0.3, 0.4) is 0 Å². The van der Waals surface area contributed by atoms with Gasteiger partial charge in [0, 0.05) is 18.3 Å². The molecule has 0 radical (unpaired) electrons. The normalized spacial score (nSPS) is 25.3. The number of imidazole rings is 1. The van der Waals surface area contributed by atoms with Crippen LogP contribution in [-0.4, -0.2) is 53.7 Å². The summed E-state index contributed by atoms with van der Waals surface area (Å²) in [4.78, 5) is 13.2. The lowest BCUT2D eigenvalue weighted by atomic mass is 10.1. The van der Waals surface area contributed by atoms with Gasteiger partial charge < -0.3 is 19.9 Å². The highest BCUT2D eigenvalue weighted by Crippen LogP contribution is 2.37. The molecule has 0 saturated heterocycles. The zero-order valence-electron chi connectivity index (χ0n) is 14.9. The van der Waals surface area contributed by atoms with Gasteiger partial charge in [0.1, 0.15) is 23.0 Å². The first kappa shape index (κ1) is 18.4. The van der Waals surface area contributed by atoms with E-state index < -0.39 is 12.2 Å². The molecule has 1 fully saturated rings. The molecule has 2 aromatic heterocycles. The number of hydrogen-bond acceptors (Lipinski definition) is 7. The molecule has 142 valence electrons. The minimum Gasteiger partial charge on any atom is -0.396 e. The fraction of sp³-hybridized carbons (Fsp3) is 0.421. The lowest BCUT2D eigenvalue weighted by molar-refractivity contribution is -0.00370. The van der Waals surface area contributed by atoms with E-state index in [0.29, 0.717) is 17.6 Å². The summed E-state index contributed by atoms with van der Waals surface area (Å²) >= 11 is 1.59. The molecule has 1 aromatic carbocycles. The summed E-state index contributed by atoms with van der Waals surface area (Å²) < 4.78 is 1.79. The Morgan fingerprint density at radius 3 is 2.59 bits per heavy atom. The summed E-state index contributed by atoms with van der Waals surface area (Å²) in [6, 6.07) is 8.01. The molecule has 7 nitrogen and oxygen atoms in total. The number of benzene rings is 1. The first-order valence-corrected chi connectivity index (χ1v) is 9.90. The number of thioether (sulfide) groups is 1. The second kappa shape index (κ2) is 7.55. The minimum absolute atomic E-state index is 0.159. The van der Waals surface area contributed by atoms with Crippen LogP contribution in [-0.2, 0) is 5.75 Å². The number of nitrogens with zero attached hydrogens (tertiary/aromatic N) is 4. The van der Waals surface area contributed by atoms with Gasteiger partial charge in [0.25, 0.3) is 0 Å². The Labute approximate surface area is 161 Å². The summed E-state index contributed by atoms with van der Waals surface area (Å²) in [6.07, 6.45) is 1.70. The quantitative estimate of drug-likeness (QED) is 0.453. The maximum Gasteiger partial charge on any atom is 0.164 e. The van der Waals surface area contributed by atoms with Gasteiger partial charge in [-0.3, -0.25) is 0 Å². The predicted molar refractivity (Wildman–Crippen MR) is 102 cm³/mol. The summed E-state index contributed by atoms with van der Waals surface area (Å²) in [5, 5.41) is 30.7. The largest absolute Gasteiger partial charge is 0.396 e. The molecule has 8 heteroatoms. The maximum atomic E-state index is 10.4. The smallest absolute Gasteiger partial charge is 0.164 e. The van der Waals surface area contributed by atoms with E-state index in [1.54, 1.807) is 22.7 Å². The van der Waals surface area contributed by atoms with Gasteiger partial charge in [0.2, 0.25) is 0 Å². The van der Waals surface area contributed by atoms with Crippen molar-refractivity contribution in [2.75, 3.05) is 6.61 Å². The average molecular weight is 386 g/mol. The molecular formula is C19H22N4O3S. The molecule has 4 rings (SSSR count). The van der Waals surface area contributed by atoms with Crippen LogP contribution in [0.15, 0.2) is 41.9 Å². The highest BCUT2D eigenvalue weighted by molar-refractivity contribution is 7.98. The maximum absolute atomic E-state index is 10.4. The summed E-state index contributed by atoms with van der Waals surface area (Å²) in [6.45, 7) is 1.90. The Morgan fingerprint density at radius 2 is 1.89 bits per heavy atom. The van der Waals surface area contributed by atoms with Crippen LogP contribution >= 0.6 is 11.8 Å². The second-order valence-corrected chi connectivity index (χ2v) is 7.97. The Bertz CT molecular complexity index is 930. The van der Waals surface area contributed by atoms with E-state index in [4.69, 9.17) is 0 Å². The monoisotopic (exact) mass is 386 g/mol. The fourth-order valence-corrected chi connectivity index (χ4v) is 4.47. The van der Waals surface area contributed by atoms with Crippen LogP contribution in [0.4, 0.5) is 0 Å². The van der Waals surface area contributed by atoms with E-state index in [0.717, 1.165) is 10.8 Å². The molecule has 3 aromatic rings. The van der Waals surface area contributed by atoms with E-state index in [1.807, 2.05) is 0 Å². The van der Waals surface area contributed by atoms with Gasteiger partial charge in [-0.05, 0) is 18.9 Å². The third-order valence-electron chi connectivity index (χ3n) is 5.18. The molecule has 0 unspecified atom stereocenters. The predicted octanol–water partition coefficient (Wildman–Crippen LogP) is 1.70. The Morgan fingerprint density at radius 1 is 1.11 bits per heavy atom. The van der Waals surface area contributed by atoms with Crippen molar-refractivity contribution in [2.24, 2.45) is 5.92 Å². The van der Waals surface area contributed by atoms with Crippen LogP contribution in [0.1, 0.15) is 23.6 Å². The van der Waals surface area contributed by atoms with E-state index in [9.17, 15) is 15.3 Å². The van der Waals surface area contributed by atoms with E-state index in [2.05, 4.69) is 46.1 Å². The number of aryl methyl sites for hydroxylation is 1. The van der Waals surface area contributed by atoms with Crippen LogP contribution in [0, 0.1) is 12.8 Å². The van der Waals surface area contributed by atoms with Crippen molar-refractivity contribution in [3.63, 3.8) is 0 Å². The number of aliphatic hydroxyl groups excluding tert-OH is 3. The lowest BCUT2D eigenvalue weighted by Crippen LogP contribution is -2.30. The number of fused-ring (bicyclic) bond motifs is 1. The number of hydrogen-bond donors (Lipinski definition) is 3. The molecule has 0 amide bonds. The van der Waals surface area contributed by atoms with Gasteiger partial charge in [0.15, 0.2) is 5.65 Å². The topological polar surface area (TPSA) is 104 Å². The molecular weight excluding hydrogens is 364 g/mol. The molecule has 1 aliphatic rings. The van der Waals surface area contributed by atoms with Gasteiger partial charge in [-0.1, -0.05) is 41.6 Å². The van der Waals surface area contributed by atoms with Crippen LogP contribution in [0.2, 0.25) is 0 Å². The molecule has 0 bridgehead atoms. The van der Waals surface area contributed by atoms with Gasteiger partial charge in [-0.2, -0.15) is 0 Å². The molecule has 3 N–H and O–H groups in total. The third-order valence-corrected chi connectivity index (χ3v) is 6.23. The third kappa shape index (κ3) is 3.45. The molecule has 27 heavy (non-hydrogen) atoms. The number of aliphatic hydroxyl groups is 3. The standard InChI is InChI=1S/C19H22N4O3S/c1-11-2-4-12(5-3-11)8-27-19-15-18(20-9-21-19)23(10-22-15)14-6-13(7-24)16(25)17(14)26/h2-5,9-10,13-14,16-17,24-26H,6-8H2,1H3/t13-,14-,16-,17+/m1/s1. The van der Waals surface area contributed by atoms with Gasteiger partial charge in [0.05, 0.1) is 18.5 Å². The molecule has 4 atom stereocenters. The van der Waals surface area contributed by atoms with E-state index >= 15 is 0 Å². The molecule has 2 heterocycles. The Hall–Kier alpha value is -2.00. The SMILES string of the molecule is Cc1ccc(CSc2ncnc3c2ncn3[C@@H]2C[C@H](CO)[C@@H](O)[C@H]2O)cc1. The first-order chi connectivity index (χ1) is 13.1. The molecule has 1 aliphatic carbocycles. The zero-order chi connectivity index (χ0) is 19.0. The van der Waals surface area contributed by atoms with Crippen molar-refractivity contribution >= 4 is 22.9 Å². The zero-order valence-corrected chi connectivity index (χ0v) is 15.8. The van der Waals surface area contributed by atoms with Crippen molar-refractivity contribution in [1.82, 2.24) is 19.5 Å². The molecule has 0 aliphatic heterocycles. The highest BCUT2D eigenvalue weighted by Gasteiger charge is 2.42. The molecule has 1 saturated carbocycles. The Kier molecular flexibility index (Phi) is 5.14. The second-order valence-electron chi connectivity index (χ2n) is 7.00. The van der Waals surface area contributed by atoms with E-state index in [1.165, 1.54) is 17.5 Å². The fourth-order valence-electron chi connectivity index (χ4n) is 3.57. The minimum atomic E-state index is -0.960. The highest BCUT2D eigenvalue weighted by atomic mass is 32.2. The van der Waals surface area contributed by atoms with Gasteiger partial charge in [-0.15, -0.1) is 0 Å². The van der Waals surface area contributed by atoms with Crippen molar-refractivity contribution in [3.8, 4) is 0 Å². The van der Waals surface area contributed by atoms with Gasteiger partial charge in [-0.25, -0.2) is 15.0 Å². The van der Waals surface area contributed by atoms with Crippen molar-refractivity contribution in [1.29, 1.82) is 0 Å². The first-order valence-electron chi connectivity index (χ1n) is 8.91. The summed E-state index contributed by atoms with van der Waals surface area (Å²) in [5.74, 6) is 0.427. The number of aromatic nitrogens is 4. The average Bonchev–Trinajstić information content (AvgIpc) is 3.23. The summed E-state index contributed by atoms with van der Waals surface area (Å²) in [5.41, 5.74) is 3.75. The Balaban J connectivity index is 1.59. The van der Waals surface area contributed by atoms with Crippen LogP contribution in [0.5, 0.6) is 0 Å². The van der Waals surface area contributed by atoms with Gasteiger partial charge >= 0.3 is 0 Å². The van der Waals surface area contributed by atoms with Crippen molar-refractivity contribution < 1.29 is 15.3 Å². The van der Waals surface area contributed by atoms with E-state index in [-0.39, 0.29) is 18.6 Å². The lowest BCUT2D eigenvalue weighted by Gasteiger charge is -2.18. The van der Waals surface area contributed by atoms with Crippen LogP contribution < -0.4 is 0 Å². The van der Waals surface area contributed by atoms with Crippen LogP contribution in [0.25, 0.3) is 11.2 Å². The molecule has 0 spiro atoms. The summed E-state index contributed by atoms with van der Waals surface area (Å²) in [7, 11) is 0. The number of rotatable bonds is 5. The van der Waals surface area contributed by atoms with Crippen molar-refractivity contribution in [3.05, 3.63) is 48.0 Å².